The fourth-order valence-corrected chi connectivity index (χ4v) is 3.45. The molecular formula is C25H38O4. The summed E-state index contributed by atoms with van der Waals surface area (Å²) in [5.41, 5.74) is 3.16. The molecule has 0 atom stereocenters. The Balaban J connectivity index is 2.89. The van der Waals surface area contributed by atoms with Gasteiger partial charge in [0, 0.05) is 5.56 Å². The third kappa shape index (κ3) is 8.76. The molecule has 3 N–H and O–H groups in total. The Labute approximate surface area is 176 Å². The van der Waals surface area contributed by atoms with Crippen LogP contribution >= 0.6 is 0 Å². The molecule has 29 heavy (non-hydrogen) atoms. The van der Waals surface area contributed by atoms with Crippen LogP contribution in [0.25, 0.3) is 0 Å². The molecule has 0 aliphatic carbocycles. The van der Waals surface area contributed by atoms with Gasteiger partial charge < -0.3 is 15.3 Å². The van der Waals surface area contributed by atoms with E-state index in [1.165, 1.54) is 30.9 Å². The van der Waals surface area contributed by atoms with Gasteiger partial charge in [-0.25, -0.2) is 4.79 Å². The highest BCUT2D eigenvalue weighted by Gasteiger charge is 2.21. The minimum absolute atomic E-state index is 0.0261. The van der Waals surface area contributed by atoms with Gasteiger partial charge in [-0.2, -0.15) is 0 Å². The number of unbranched alkanes of at least 4 members (excludes halogenated alkanes) is 5. The molecule has 0 fully saturated rings. The second-order valence-corrected chi connectivity index (χ2v) is 8.15. The van der Waals surface area contributed by atoms with E-state index in [1.807, 2.05) is 13.0 Å². The average molecular weight is 403 g/mol. The van der Waals surface area contributed by atoms with Crippen molar-refractivity contribution < 1.29 is 20.1 Å². The minimum Gasteiger partial charge on any atom is -0.508 e. The first kappa shape index (κ1) is 24.8. The Bertz CT molecular complexity index is 725. The van der Waals surface area contributed by atoms with Crippen molar-refractivity contribution >= 4 is 5.97 Å². The van der Waals surface area contributed by atoms with Crippen molar-refractivity contribution in [1.29, 1.82) is 0 Å². The van der Waals surface area contributed by atoms with Gasteiger partial charge in [-0.15, -0.1) is 0 Å². The van der Waals surface area contributed by atoms with Crippen LogP contribution in [-0.4, -0.2) is 21.3 Å². The Morgan fingerprint density at radius 1 is 1.00 bits per heavy atom. The topological polar surface area (TPSA) is 77.8 Å². The molecule has 0 aromatic heterocycles. The third-order valence-corrected chi connectivity index (χ3v) is 5.22. The zero-order valence-corrected chi connectivity index (χ0v) is 18.6. The van der Waals surface area contributed by atoms with E-state index >= 15 is 0 Å². The van der Waals surface area contributed by atoms with Crippen molar-refractivity contribution in [2.75, 3.05) is 0 Å². The monoisotopic (exact) mass is 402 g/mol. The van der Waals surface area contributed by atoms with Crippen LogP contribution in [0.4, 0.5) is 0 Å². The van der Waals surface area contributed by atoms with Crippen molar-refractivity contribution in [1.82, 2.24) is 0 Å². The average Bonchev–Trinajstić information content (AvgIpc) is 2.63. The molecule has 1 rings (SSSR count). The number of aromatic carboxylic acids is 1. The smallest absolute Gasteiger partial charge is 0.339 e. The minimum atomic E-state index is -1.14. The van der Waals surface area contributed by atoms with Crippen LogP contribution in [0, 0.1) is 0 Å². The van der Waals surface area contributed by atoms with Crippen LogP contribution in [-0.2, 0) is 12.8 Å². The summed E-state index contributed by atoms with van der Waals surface area (Å²) in [5, 5.41) is 30.6. The molecule has 1 aromatic carbocycles. The SMILES string of the molecule is CCCCCCCCc1cc(O)c(C/C=C(\C)CCC=C(C)C)c(O)c1C(=O)O. The number of aromatic hydroxyl groups is 2. The van der Waals surface area contributed by atoms with Gasteiger partial charge in [0.05, 0.1) is 0 Å². The zero-order chi connectivity index (χ0) is 21.8. The number of carboxylic acid groups (broad SMARTS) is 1. The highest BCUT2D eigenvalue weighted by Crippen LogP contribution is 2.35. The predicted octanol–water partition coefficient (Wildman–Crippen LogP) is 6.93. The lowest BCUT2D eigenvalue weighted by Gasteiger charge is -2.14. The van der Waals surface area contributed by atoms with Crippen LogP contribution in [0.5, 0.6) is 11.5 Å². The first-order valence-corrected chi connectivity index (χ1v) is 10.9. The molecule has 0 unspecified atom stereocenters. The quantitative estimate of drug-likeness (QED) is 0.247. The van der Waals surface area contributed by atoms with Gasteiger partial charge in [0.15, 0.2) is 0 Å². The summed E-state index contributed by atoms with van der Waals surface area (Å²) in [4.78, 5) is 11.8. The summed E-state index contributed by atoms with van der Waals surface area (Å²) < 4.78 is 0. The number of allylic oxidation sites excluding steroid dienone is 4. The van der Waals surface area contributed by atoms with Gasteiger partial charge in [0.2, 0.25) is 0 Å². The van der Waals surface area contributed by atoms with Crippen molar-refractivity contribution in [2.45, 2.75) is 91.9 Å². The fourth-order valence-electron chi connectivity index (χ4n) is 3.45. The highest BCUT2D eigenvalue weighted by molar-refractivity contribution is 5.93. The predicted molar refractivity (Wildman–Crippen MR) is 120 cm³/mol. The number of carboxylic acids is 1. The van der Waals surface area contributed by atoms with Crippen LogP contribution in [0.1, 0.15) is 101 Å². The second-order valence-electron chi connectivity index (χ2n) is 8.15. The van der Waals surface area contributed by atoms with Crippen molar-refractivity contribution in [3.05, 3.63) is 46.1 Å². The van der Waals surface area contributed by atoms with Crippen LogP contribution in [0.3, 0.4) is 0 Å². The number of carbonyl (C=O) groups is 1. The van der Waals surface area contributed by atoms with Gasteiger partial charge in [-0.3, -0.25) is 0 Å². The number of benzene rings is 1. The molecule has 0 amide bonds. The first-order chi connectivity index (χ1) is 13.8. The lowest BCUT2D eigenvalue weighted by molar-refractivity contribution is 0.0692. The van der Waals surface area contributed by atoms with Gasteiger partial charge in [-0.05, 0) is 64.5 Å². The zero-order valence-electron chi connectivity index (χ0n) is 18.6. The maximum absolute atomic E-state index is 11.8. The number of hydrogen-bond acceptors (Lipinski definition) is 3. The largest absolute Gasteiger partial charge is 0.508 e. The van der Waals surface area contributed by atoms with Crippen LogP contribution in [0.2, 0.25) is 0 Å². The van der Waals surface area contributed by atoms with E-state index in [-0.39, 0.29) is 22.6 Å². The maximum atomic E-state index is 11.8. The molecule has 0 saturated carbocycles. The van der Waals surface area contributed by atoms with E-state index < -0.39 is 5.97 Å². The van der Waals surface area contributed by atoms with E-state index in [0.29, 0.717) is 18.4 Å². The van der Waals surface area contributed by atoms with Crippen molar-refractivity contribution in [3.63, 3.8) is 0 Å². The molecule has 0 spiro atoms. The Kier molecular flexibility index (Phi) is 11.2. The normalized spacial score (nSPS) is 11.5. The molecule has 0 saturated heterocycles. The Morgan fingerprint density at radius 3 is 2.28 bits per heavy atom. The molecule has 4 nitrogen and oxygen atoms in total. The summed E-state index contributed by atoms with van der Waals surface area (Å²) in [7, 11) is 0. The first-order valence-electron chi connectivity index (χ1n) is 10.9. The summed E-state index contributed by atoms with van der Waals surface area (Å²) in [6.45, 7) is 8.31. The number of rotatable bonds is 13. The van der Waals surface area contributed by atoms with Gasteiger partial charge in [0.1, 0.15) is 17.1 Å². The third-order valence-electron chi connectivity index (χ3n) is 5.22. The standard InChI is InChI=1S/C25H38O4/c1-5-6-7-8-9-10-14-20-17-22(26)21(24(27)23(20)25(28)29)16-15-19(4)13-11-12-18(2)3/h12,15,17,26-27H,5-11,13-14,16H2,1-4H3,(H,28,29)/b19-15+. The molecule has 0 bridgehead atoms. The summed E-state index contributed by atoms with van der Waals surface area (Å²) in [5.74, 6) is -1.47. The molecule has 0 aliphatic rings. The second kappa shape index (κ2) is 13.1. The molecule has 0 heterocycles. The summed E-state index contributed by atoms with van der Waals surface area (Å²) >= 11 is 0. The number of hydrogen-bond donors (Lipinski definition) is 3. The molecule has 0 radical (unpaired) electrons. The molecule has 4 heteroatoms. The molecule has 162 valence electrons. The number of phenols is 2. The highest BCUT2D eigenvalue weighted by atomic mass is 16.4. The fraction of sp³-hybridized carbons (Fsp3) is 0.560. The van der Waals surface area contributed by atoms with E-state index in [9.17, 15) is 20.1 Å². The maximum Gasteiger partial charge on any atom is 0.339 e. The summed E-state index contributed by atoms with van der Waals surface area (Å²) in [6, 6.07) is 1.52. The van der Waals surface area contributed by atoms with Crippen LogP contribution in [0.15, 0.2) is 29.4 Å². The lowest BCUT2D eigenvalue weighted by Crippen LogP contribution is -2.06. The number of aryl methyl sites for hydroxylation is 1. The van der Waals surface area contributed by atoms with E-state index in [1.54, 1.807) is 0 Å². The van der Waals surface area contributed by atoms with E-state index in [0.717, 1.165) is 37.7 Å². The van der Waals surface area contributed by atoms with Crippen molar-refractivity contribution in [3.8, 4) is 11.5 Å². The van der Waals surface area contributed by atoms with Gasteiger partial charge in [-0.1, -0.05) is 62.3 Å². The van der Waals surface area contributed by atoms with Gasteiger partial charge in [0.25, 0.3) is 0 Å². The Hall–Kier alpha value is -2.23. The Morgan fingerprint density at radius 2 is 1.66 bits per heavy atom. The van der Waals surface area contributed by atoms with Crippen LogP contribution < -0.4 is 0 Å². The van der Waals surface area contributed by atoms with E-state index in [4.69, 9.17) is 0 Å². The summed E-state index contributed by atoms with van der Waals surface area (Å²) in [6.07, 6.45) is 13.4. The molecule has 1 aromatic rings. The van der Waals surface area contributed by atoms with Crippen molar-refractivity contribution in [2.24, 2.45) is 0 Å². The lowest BCUT2D eigenvalue weighted by atomic mass is 9.94. The molecule has 0 aliphatic heterocycles. The number of phenolic OH excluding ortho intramolecular Hbond substituents is 1. The van der Waals surface area contributed by atoms with Gasteiger partial charge >= 0.3 is 5.97 Å². The molecular weight excluding hydrogens is 364 g/mol. The van der Waals surface area contributed by atoms with E-state index in [2.05, 4.69) is 26.8 Å².